The van der Waals surface area contributed by atoms with E-state index in [2.05, 4.69) is 44.5 Å². The number of benzene rings is 2. The van der Waals surface area contributed by atoms with Gasteiger partial charge < -0.3 is 19.7 Å². The van der Waals surface area contributed by atoms with Gasteiger partial charge in [0.2, 0.25) is 6.79 Å². The molecule has 0 bridgehead atoms. The van der Waals surface area contributed by atoms with Gasteiger partial charge in [0.25, 0.3) is 0 Å². The first-order valence-electron chi connectivity index (χ1n) is 9.17. The predicted octanol–water partition coefficient (Wildman–Crippen LogP) is 3.90. The molecule has 27 heavy (non-hydrogen) atoms. The van der Waals surface area contributed by atoms with Crippen molar-refractivity contribution in [1.29, 1.82) is 0 Å². The van der Waals surface area contributed by atoms with Crippen molar-refractivity contribution in [2.45, 2.75) is 19.4 Å². The van der Waals surface area contributed by atoms with Crippen LogP contribution in [0.1, 0.15) is 17.5 Å². The number of nitrogens with one attached hydrogen (secondary N) is 1. The molecule has 6 heteroatoms. The summed E-state index contributed by atoms with van der Waals surface area (Å²) in [6, 6.07) is 16.5. The Bertz CT molecular complexity index is 976. The second-order valence-corrected chi connectivity index (χ2v) is 6.69. The number of nitrogens with zero attached hydrogens (tertiary/aromatic N) is 3. The van der Waals surface area contributed by atoms with Crippen LogP contribution in [0.15, 0.2) is 54.9 Å². The number of aryl methyl sites for hydroxylation is 1. The zero-order valence-corrected chi connectivity index (χ0v) is 14.9. The minimum absolute atomic E-state index is 0.290. The molecule has 0 saturated heterocycles. The monoisotopic (exact) mass is 360 g/mol. The van der Waals surface area contributed by atoms with Crippen LogP contribution in [0.5, 0.6) is 11.5 Å². The minimum Gasteiger partial charge on any atom is -0.454 e. The molecule has 0 atom stereocenters. The van der Waals surface area contributed by atoms with Gasteiger partial charge in [-0.25, -0.2) is 9.97 Å². The molecule has 0 saturated carbocycles. The third kappa shape index (κ3) is 3.14. The maximum Gasteiger partial charge on any atom is 0.231 e. The first-order chi connectivity index (χ1) is 13.4. The number of hydrogen-bond acceptors (Lipinski definition) is 6. The highest BCUT2D eigenvalue weighted by molar-refractivity contribution is 5.66. The van der Waals surface area contributed by atoms with E-state index >= 15 is 0 Å². The van der Waals surface area contributed by atoms with Gasteiger partial charge in [0, 0.05) is 24.8 Å². The van der Waals surface area contributed by atoms with Gasteiger partial charge in [-0.1, -0.05) is 24.3 Å². The molecule has 0 amide bonds. The second-order valence-electron chi connectivity index (χ2n) is 6.69. The number of fused-ring (bicyclic) bond motifs is 2. The van der Waals surface area contributed by atoms with E-state index in [1.165, 1.54) is 11.3 Å². The molecule has 2 aromatic carbocycles. The van der Waals surface area contributed by atoms with Crippen molar-refractivity contribution in [2.75, 3.05) is 23.6 Å². The molecule has 5 rings (SSSR count). The lowest BCUT2D eigenvalue weighted by Crippen LogP contribution is -2.25. The van der Waals surface area contributed by atoms with Crippen LogP contribution in [0.4, 0.5) is 17.3 Å². The van der Waals surface area contributed by atoms with Gasteiger partial charge in [0.05, 0.1) is 0 Å². The van der Waals surface area contributed by atoms with Crippen LogP contribution >= 0.6 is 0 Å². The predicted molar refractivity (Wildman–Crippen MR) is 104 cm³/mol. The molecule has 0 aliphatic carbocycles. The highest BCUT2D eigenvalue weighted by Crippen LogP contribution is 2.34. The number of rotatable bonds is 4. The van der Waals surface area contributed by atoms with Crippen LogP contribution in [0, 0.1) is 0 Å². The molecule has 0 unspecified atom stereocenters. The van der Waals surface area contributed by atoms with Gasteiger partial charge >= 0.3 is 0 Å². The van der Waals surface area contributed by atoms with Crippen molar-refractivity contribution in [1.82, 2.24) is 9.97 Å². The summed E-state index contributed by atoms with van der Waals surface area (Å²) in [5.74, 6) is 3.32. The third-order valence-corrected chi connectivity index (χ3v) is 4.95. The fourth-order valence-electron chi connectivity index (χ4n) is 3.61. The average Bonchev–Trinajstić information content (AvgIpc) is 3.20. The number of aromatic nitrogens is 2. The van der Waals surface area contributed by atoms with E-state index in [9.17, 15) is 0 Å². The van der Waals surface area contributed by atoms with E-state index in [0.29, 0.717) is 13.3 Å². The van der Waals surface area contributed by atoms with E-state index in [0.717, 1.165) is 48.1 Å². The van der Waals surface area contributed by atoms with E-state index in [4.69, 9.17) is 9.47 Å². The maximum atomic E-state index is 5.44. The van der Waals surface area contributed by atoms with Gasteiger partial charge in [0.1, 0.15) is 18.0 Å². The van der Waals surface area contributed by atoms with Crippen molar-refractivity contribution in [3.63, 3.8) is 0 Å². The van der Waals surface area contributed by atoms with Crippen molar-refractivity contribution >= 4 is 17.3 Å². The Morgan fingerprint density at radius 2 is 1.93 bits per heavy atom. The Morgan fingerprint density at radius 3 is 2.93 bits per heavy atom. The summed E-state index contributed by atoms with van der Waals surface area (Å²) in [4.78, 5) is 11.1. The molecule has 1 N–H and O–H groups in total. The van der Waals surface area contributed by atoms with Crippen molar-refractivity contribution in [3.8, 4) is 11.5 Å². The van der Waals surface area contributed by atoms with Crippen LogP contribution in [0.3, 0.4) is 0 Å². The Kier molecular flexibility index (Phi) is 4.01. The fraction of sp³-hybridized carbons (Fsp3) is 0.238. The van der Waals surface area contributed by atoms with Gasteiger partial charge in [-0.3, -0.25) is 0 Å². The molecular weight excluding hydrogens is 340 g/mol. The Hall–Kier alpha value is -3.28. The molecule has 2 aliphatic heterocycles. The maximum absolute atomic E-state index is 5.44. The summed E-state index contributed by atoms with van der Waals surface area (Å²) < 4.78 is 10.8. The van der Waals surface area contributed by atoms with Crippen molar-refractivity contribution < 1.29 is 9.47 Å². The topological polar surface area (TPSA) is 59.5 Å². The van der Waals surface area contributed by atoms with Gasteiger partial charge in [-0.05, 0) is 42.2 Å². The SMILES string of the molecule is c1ccc2c(c1)CCCN2c1cc(NCc2ccc3c(c2)OCO3)ncn1. The highest BCUT2D eigenvalue weighted by atomic mass is 16.7. The smallest absolute Gasteiger partial charge is 0.231 e. The normalized spacial score (nSPS) is 14.7. The summed E-state index contributed by atoms with van der Waals surface area (Å²) in [7, 11) is 0. The quantitative estimate of drug-likeness (QED) is 0.761. The van der Waals surface area contributed by atoms with Crippen LogP contribution in [-0.4, -0.2) is 23.3 Å². The number of hydrogen-bond donors (Lipinski definition) is 1. The zero-order valence-electron chi connectivity index (χ0n) is 14.9. The minimum atomic E-state index is 0.290. The molecule has 3 heterocycles. The molecule has 2 aliphatic rings. The summed E-state index contributed by atoms with van der Waals surface area (Å²) in [5, 5.41) is 3.38. The zero-order chi connectivity index (χ0) is 18.1. The van der Waals surface area contributed by atoms with Gasteiger partial charge in [-0.15, -0.1) is 0 Å². The van der Waals surface area contributed by atoms with E-state index in [1.54, 1.807) is 6.33 Å². The van der Waals surface area contributed by atoms with Crippen molar-refractivity contribution in [2.24, 2.45) is 0 Å². The molecule has 136 valence electrons. The summed E-state index contributed by atoms with van der Waals surface area (Å²) in [6.45, 7) is 1.91. The van der Waals surface area contributed by atoms with Crippen molar-refractivity contribution in [3.05, 3.63) is 66.0 Å². The largest absolute Gasteiger partial charge is 0.454 e. The second kappa shape index (κ2) is 6.79. The van der Waals surface area contributed by atoms with Crippen LogP contribution < -0.4 is 19.7 Å². The summed E-state index contributed by atoms with van der Waals surface area (Å²) >= 11 is 0. The first kappa shape index (κ1) is 15.9. The number of ether oxygens (including phenoxy) is 2. The van der Waals surface area contributed by atoms with Crippen LogP contribution in [0.2, 0.25) is 0 Å². The summed E-state index contributed by atoms with van der Waals surface area (Å²) in [6.07, 6.45) is 3.86. The third-order valence-electron chi connectivity index (χ3n) is 4.95. The van der Waals surface area contributed by atoms with Crippen LogP contribution in [-0.2, 0) is 13.0 Å². The lowest BCUT2D eigenvalue weighted by molar-refractivity contribution is 0.174. The average molecular weight is 360 g/mol. The van der Waals surface area contributed by atoms with Gasteiger partial charge in [-0.2, -0.15) is 0 Å². The highest BCUT2D eigenvalue weighted by Gasteiger charge is 2.19. The molecule has 0 spiro atoms. The lowest BCUT2D eigenvalue weighted by atomic mass is 10.0. The Morgan fingerprint density at radius 1 is 1.00 bits per heavy atom. The number of para-hydroxylation sites is 1. The van der Waals surface area contributed by atoms with Gasteiger partial charge in [0.15, 0.2) is 11.5 Å². The molecule has 1 aromatic heterocycles. The first-order valence-corrected chi connectivity index (χ1v) is 9.17. The molecule has 0 fully saturated rings. The van der Waals surface area contributed by atoms with E-state index < -0.39 is 0 Å². The van der Waals surface area contributed by atoms with E-state index in [-0.39, 0.29) is 0 Å². The Balaban J connectivity index is 1.34. The lowest BCUT2D eigenvalue weighted by Gasteiger charge is -2.30. The fourth-order valence-corrected chi connectivity index (χ4v) is 3.61. The molecular formula is C21H20N4O2. The number of anilines is 3. The van der Waals surface area contributed by atoms with E-state index in [1.807, 2.05) is 24.3 Å². The molecule has 6 nitrogen and oxygen atoms in total. The standard InChI is InChI=1S/C21H20N4O2/c1-2-6-17-16(4-1)5-3-9-25(17)21-11-20(23-13-24-21)22-12-15-7-8-18-19(10-15)27-14-26-18/h1-2,4,6-8,10-11,13H,3,5,9,12,14H2,(H,22,23,24). The Labute approximate surface area is 157 Å². The molecule has 0 radical (unpaired) electrons. The molecule has 3 aromatic rings. The summed E-state index contributed by atoms with van der Waals surface area (Å²) in [5.41, 5.74) is 3.73. The van der Waals surface area contributed by atoms with Crippen LogP contribution in [0.25, 0.3) is 0 Å².